The van der Waals surface area contributed by atoms with Gasteiger partial charge in [-0.3, -0.25) is 0 Å². The molecule has 3 unspecified atom stereocenters. The summed E-state index contributed by atoms with van der Waals surface area (Å²) in [6, 6.07) is 6.31. The zero-order valence-electron chi connectivity index (χ0n) is 18.9. The van der Waals surface area contributed by atoms with Crippen LogP contribution in [0.4, 0.5) is 0 Å². The molecule has 0 saturated heterocycles. The van der Waals surface area contributed by atoms with Crippen molar-refractivity contribution in [2.24, 2.45) is 11.8 Å². The lowest BCUT2D eigenvalue weighted by Crippen LogP contribution is -2.22. The van der Waals surface area contributed by atoms with Crippen LogP contribution in [0.3, 0.4) is 0 Å². The molecule has 0 amide bonds. The fourth-order valence-corrected chi connectivity index (χ4v) is 5.46. The van der Waals surface area contributed by atoms with Gasteiger partial charge in [0.25, 0.3) is 0 Å². The minimum Gasteiger partial charge on any atom is -0.388 e. The smallest absolute Gasteiger partial charge is 0.0799 e. The van der Waals surface area contributed by atoms with Gasteiger partial charge in [0, 0.05) is 18.6 Å². The van der Waals surface area contributed by atoms with Gasteiger partial charge in [-0.05, 0) is 90.6 Å². The van der Waals surface area contributed by atoms with Crippen LogP contribution in [0.2, 0.25) is 5.02 Å². The van der Waals surface area contributed by atoms with E-state index in [2.05, 4.69) is 80.6 Å². The van der Waals surface area contributed by atoms with Crippen molar-refractivity contribution >= 4 is 22.7 Å². The highest BCUT2D eigenvalue weighted by Crippen LogP contribution is 2.40. The topological polar surface area (TPSA) is 23.5 Å². The molecule has 1 aromatic carbocycles. The van der Waals surface area contributed by atoms with Gasteiger partial charge in [-0.2, -0.15) is 0 Å². The highest BCUT2D eigenvalue weighted by Gasteiger charge is 2.28. The van der Waals surface area contributed by atoms with Gasteiger partial charge >= 0.3 is 0 Å². The minimum atomic E-state index is -0.490. The van der Waals surface area contributed by atoms with E-state index >= 15 is 0 Å². The van der Waals surface area contributed by atoms with Gasteiger partial charge in [0.2, 0.25) is 0 Å². The maximum Gasteiger partial charge on any atom is 0.0799 e. The Hall–Kier alpha value is -2.03. The normalized spacial score (nSPS) is 26.6. The number of likely N-dealkylation sites (N-methyl/N-ethyl adjacent to an activating group) is 1. The molecule has 3 aliphatic rings. The van der Waals surface area contributed by atoms with Crippen LogP contribution in [-0.4, -0.2) is 29.7 Å². The van der Waals surface area contributed by atoms with Gasteiger partial charge in [-0.1, -0.05) is 67.0 Å². The number of halogens is 1. The summed E-state index contributed by atoms with van der Waals surface area (Å²) in [6.07, 6.45) is 17.9. The molecular formula is C28H34ClNO. The van der Waals surface area contributed by atoms with Crippen LogP contribution in [0.1, 0.15) is 57.1 Å². The maximum atomic E-state index is 11.2. The Morgan fingerprint density at radius 2 is 2.03 bits per heavy atom. The third-order valence-corrected chi connectivity index (χ3v) is 7.31. The zero-order chi connectivity index (χ0) is 22.0. The number of hydrogen-bond donors (Lipinski definition) is 1. The Kier molecular flexibility index (Phi) is 6.89. The van der Waals surface area contributed by atoms with E-state index in [9.17, 15) is 5.11 Å². The standard InChI is InChI=1S/C28H34ClNO/c1-4-20-14-24-13-19(2)7-5-8-21(24)16-26(28(31)15-20)25-11-10-22(17-27(25)29)23-9-6-12-30(3)18-23/h6-12,16-17,20,24,28,31H,4-5,13-15,18H2,1-3H3. The summed E-state index contributed by atoms with van der Waals surface area (Å²) in [7, 11) is 2.08. The molecule has 2 aliphatic carbocycles. The first-order valence-electron chi connectivity index (χ1n) is 11.6. The molecule has 3 atom stereocenters. The Labute approximate surface area is 192 Å². The van der Waals surface area contributed by atoms with Gasteiger partial charge in [-0.25, -0.2) is 0 Å². The van der Waals surface area contributed by atoms with Crippen molar-refractivity contribution in [1.82, 2.24) is 4.90 Å². The van der Waals surface area contributed by atoms with Gasteiger partial charge in [0.1, 0.15) is 0 Å². The lowest BCUT2D eigenvalue weighted by molar-refractivity contribution is 0.181. The van der Waals surface area contributed by atoms with Crippen molar-refractivity contribution < 1.29 is 5.11 Å². The largest absolute Gasteiger partial charge is 0.388 e. The second-order valence-corrected chi connectivity index (χ2v) is 9.80. The summed E-state index contributed by atoms with van der Waals surface area (Å²) in [5, 5.41) is 11.9. The summed E-state index contributed by atoms with van der Waals surface area (Å²) in [4.78, 5) is 2.16. The van der Waals surface area contributed by atoms with Crippen LogP contribution in [0.5, 0.6) is 0 Å². The van der Waals surface area contributed by atoms with Crippen molar-refractivity contribution in [3.8, 4) is 0 Å². The number of hydrogen-bond acceptors (Lipinski definition) is 2. The Bertz CT molecular complexity index is 981. The van der Waals surface area contributed by atoms with E-state index in [1.807, 2.05) is 0 Å². The fraction of sp³-hybridized carbons (Fsp3) is 0.429. The summed E-state index contributed by atoms with van der Waals surface area (Å²) in [5.74, 6) is 1.05. The predicted molar refractivity (Wildman–Crippen MR) is 133 cm³/mol. The van der Waals surface area contributed by atoms with E-state index < -0.39 is 6.10 Å². The molecule has 1 aliphatic heterocycles. The molecule has 1 N–H and O–H groups in total. The average Bonchev–Trinajstić information content (AvgIpc) is 2.91. The summed E-state index contributed by atoms with van der Waals surface area (Å²) in [5.41, 5.74) is 7.17. The second-order valence-electron chi connectivity index (χ2n) is 9.40. The minimum absolute atomic E-state index is 0.490. The molecule has 0 spiro atoms. The zero-order valence-corrected chi connectivity index (χ0v) is 19.7. The number of benzene rings is 1. The monoisotopic (exact) mass is 435 g/mol. The van der Waals surface area contributed by atoms with E-state index in [4.69, 9.17) is 11.6 Å². The van der Waals surface area contributed by atoms with Crippen LogP contribution in [0.15, 0.2) is 65.9 Å². The van der Waals surface area contributed by atoms with Crippen molar-refractivity contribution in [3.05, 3.63) is 82.1 Å². The fourth-order valence-electron chi connectivity index (χ4n) is 5.17. The van der Waals surface area contributed by atoms with Crippen LogP contribution in [-0.2, 0) is 0 Å². The molecule has 1 aromatic rings. The average molecular weight is 436 g/mol. The molecule has 0 saturated carbocycles. The summed E-state index contributed by atoms with van der Waals surface area (Å²) >= 11 is 6.84. The number of rotatable bonds is 3. The number of allylic oxidation sites excluding steroid dienone is 7. The lowest BCUT2D eigenvalue weighted by Gasteiger charge is -2.30. The van der Waals surface area contributed by atoms with Crippen LogP contribution >= 0.6 is 11.6 Å². The van der Waals surface area contributed by atoms with E-state index in [1.54, 1.807) is 0 Å². The van der Waals surface area contributed by atoms with Gasteiger partial charge < -0.3 is 10.0 Å². The van der Waals surface area contributed by atoms with Crippen LogP contribution < -0.4 is 0 Å². The molecule has 31 heavy (non-hydrogen) atoms. The van der Waals surface area contributed by atoms with Gasteiger partial charge in [0.15, 0.2) is 0 Å². The molecule has 3 heteroatoms. The lowest BCUT2D eigenvalue weighted by atomic mass is 9.77. The van der Waals surface area contributed by atoms with Crippen molar-refractivity contribution in [2.45, 2.75) is 52.1 Å². The molecule has 2 nitrogen and oxygen atoms in total. The first kappa shape index (κ1) is 22.2. The maximum absolute atomic E-state index is 11.2. The number of aliphatic hydroxyl groups excluding tert-OH is 1. The van der Waals surface area contributed by atoms with Gasteiger partial charge in [-0.15, -0.1) is 0 Å². The Balaban J connectivity index is 1.72. The van der Waals surface area contributed by atoms with Crippen molar-refractivity contribution in [2.75, 3.05) is 13.6 Å². The van der Waals surface area contributed by atoms with Crippen LogP contribution in [0.25, 0.3) is 11.1 Å². The van der Waals surface area contributed by atoms with E-state index in [0.29, 0.717) is 11.8 Å². The SMILES string of the molecule is CCC1CC(O)C(c2ccc(C3=CC=CN(C)C3)cc2Cl)=CC2=CCC=C(C)CC2C1. The Morgan fingerprint density at radius 1 is 1.19 bits per heavy atom. The third kappa shape index (κ3) is 5.07. The van der Waals surface area contributed by atoms with Crippen molar-refractivity contribution in [3.63, 3.8) is 0 Å². The number of nitrogens with zero attached hydrogens (tertiary/aromatic N) is 1. The molecule has 4 rings (SSSR count). The quantitative estimate of drug-likeness (QED) is 0.515. The molecule has 0 radical (unpaired) electrons. The molecule has 0 bridgehead atoms. The molecular weight excluding hydrogens is 402 g/mol. The highest BCUT2D eigenvalue weighted by molar-refractivity contribution is 6.32. The first-order chi connectivity index (χ1) is 14.9. The van der Waals surface area contributed by atoms with E-state index in [-0.39, 0.29) is 0 Å². The van der Waals surface area contributed by atoms with Crippen LogP contribution in [0, 0.1) is 11.8 Å². The van der Waals surface area contributed by atoms with E-state index in [0.717, 1.165) is 60.4 Å². The third-order valence-electron chi connectivity index (χ3n) is 7.00. The van der Waals surface area contributed by atoms with E-state index in [1.165, 1.54) is 16.7 Å². The summed E-state index contributed by atoms with van der Waals surface area (Å²) < 4.78 is 0. The summed E-state index contributed by atoms with van der Waals surface area (Å²) in [6.45, 7) is 5.37. The van der Waals surface area contributed by atoms with Crippen molar-refractivity contribution in [1.29, 1.82) is 0 Å². The number of aliphatic hydroxyl groups is 1. The van der Waals surface area contributed by atoms with Gasteiger partial charge in [0.05, 0.1) is 6.10 Å². The molecule has 164 valence electrons. The second kappa shape index (κ2) is 9.63. The molecule has 1 heterocycles. The Morgan fingerprint density at radius 3 is 2.77 bits per heavy atom. The highest BCUT2D eigenvalue weighted by atomic mass is 35.5. The molecule has 0 aromatic heterocycles. The molecule has 0 fully saturated rings. The first-order valence-corrected chi connectivity index (χ1v) is 12.0. The number of fused-ring (bicyclic) bond motifs is 1. The predicted octanol–water partition coefficient (Wildman–Crippen LogP) is 7.03.